The lowest BCUT2D eigenvalue weighted by Gasteiger charge is -2.08. The Kier molecular flexibility index (Phi) is 4.71. The summed E-state index contributed by atoms with van der Waals surface area (Å²) in [5.41, 5.74) is 8.42. The molecule has 2 aromatic carbocycles. The lowest BCUT2D eigenvalue weighted by Crippen LogP contribution is -2.16. The summed E-state index contributed by atoms with van der Waals surface area (Å²) in [5, 5.41) is 2.87. The van der Waals surface area contributed by atoms with Gasteiger partial charge in [0.25, 0.3) is 0 Å². The maximum absolute atomic E-state index is 12.0. The first kappa shape index (κ1) is 13.8. The molecule has 4 heteroatoms. The minimum absolute atomic E-state index is 0.0426. The van der Waals surface area contributed by atoms with Crippen molar-refractivity contribution in [3.63, 3.8) is 0 Å². The quantitative estimate of drug-likeness (QED) is 0.910. The zero-order chi connectivity index (χ0) is 13.7. The van der Waals surface area contributed by atoms with Crippen LogP contribution in [-0.4, -0.2) is 5.91 Å². The van der Waals surface area contributed by atoms with Gasteiger partial charge in [-0.15, -0.1) is 0 Å². The maximum Gasteiger partial charge on any atom is 0.228 e. The summed E-state index contributed by atoms with van der Waals surface area (Å²) in [5.74, 6) is -0.0426. The summed E-state index contributed by atoms with van der Waals surface area (Å²) in [4.78, 5) is 12.0. The molecule has 3 nitrogen and oxygen atoms in total. The van der Waals surface area contributed by atoms with E-state index in [0.717, 1.165) is 21.3 Å². The Labute approximate surface area is 121 Å². The van der Waals surface area contributed by atoms with Gasteiger partial charge in [-0.1, -0.05) is 46.3 Å². The Bertz CT molecular complexity index is 584. The third-order valence-corrected chi connectivity index (χ3v) is 3.29. The van der Waals surface area contributed by atoms with Crippen LogP contribution in [0.25, 0.3) is 0 Å². The van der Waals surface area contributed by atoms with Crippen molar-refractivity contribution in [3.05, 3.63) is 64.1 Å². The van der Waals surface area contributed by atoms with Crippen molar-refractivity contribution in [1.29, 1.82) is 0 Å². The van der Waals surface area contributed by atoms with E-state index >= 15 is 0 Å². The van der Waals surface area contributed by atoms with Gasteiger partial charge in [0.05, 0.1) is 6.42 Å². The van der Waals surface area contributed by atoms with Crippen LogP contribution in [0.2, 0.25) is 0 Å². The van der Waals surface area contributed by atoms with E-state index in [1.165, 1.54) is 0 Å². The van der Waals surface area contributed by atoms with Crippen LogP contribution >= 0.6 is 15.9 Å². The maximum atomic E-state index is 12.0. The van der Waals surface area contributed by atoms with Crippen LogP contribution in [0.1, 0.15) is 11.1 Å². The fraction of sp³-hybridized carbons (Fsp3) is 0.133. The Morgan fingerprint density at radius 2 is 1.84 bits per heavy atom. The molecule has 0 unspecified atom stereocenters. The normalized spacial score (nSPS) is 10.2. The summed E-state index contributed by atoms with van der Waals surface area (Å²) >= 11 is 3.37. The smallest absolute Gasteiger partial charge is 0.228 e. The van der Waals surface area contributed by atoms with Gasteiger partial charge < -0.3 is 11.1 Å². The number of benzene rings is 2. The third kappa shape index (κ3) is 3.91. The van der Waals surface area contributed by atoms with Gasteiger partial charge >= 0.3 is 0 Å². The van der Waals surface area contributed by atoms with E-state index in [1.807, 2.05) is 48.5 Å². The molecule has 0 bridgehead atoms. The van der Waals surface area contributed by atoms with Gasteiger partial charge in [-0.25, -0.2) is 0 Å². The van der Waals surface area contributed by atoms with Gasteiger partial charge in [0.2, 0.25) is 5.91 Å². The third-order valence-electron chi connectivity index (χ3n) is 2.80. The number of amides is 1. The molecule has 0 aliphatic rings. The molecule has 0 aromatic heterocycles. The van der Waals surface area contributed by atoms with Crippen molar-refractivity contribution in [3.8, 4) is 0 Å². The lowest BCUT2D eigenvalue weighted by atomic mass is 10.0. The number of carbonyl (C=O) groups excluding carboxylic acids is 1. The topological polar surface area (TPSA) is 55.1 Å². The summed E-state index contributed by atoms with van der Waals surface area (Å²) in [6, 6.07) is 15.3. The molecule has 19 heavy (non-hydrogen) atoms. The number of nitrogens with two attached hydrogens (primary N) is 1. The molecule has 0 aliphatic heterocycles. The Balaban J connectivity index is 2.05. The summed E-state index contributed by atoms with van der Waals surface area (Å²) < 4.78 is 0.938. The predicted molar refractivity (Wildman–Crippen MR) is 80.8 cm³/mol. The first-order chi connectivity index (χ1) is 9.19. The average Bonchev–Trinajstić information content (AvgIpc) is 2.39. The standard InChI is InChI=1S/C15H15BrN2O/c16-13-6-3-7-14(9-13)18-15(19)8-11-4-1-2-5-12(11)10-17/h1-7,9H,8,10,17H2,(H,18,19). The van der Waals surface area contributed by atoms with Gasteiger partial charge in [-0.3, -0.25) is 4.79 Å². The molecule has 0 atom stereocenters. The highest BCUT2D eigenvalue weighted by molar-refractivity contribution is 9.10. The number of nitrogens with one attached hydrogen (secondary N) is 1. The molecule has 0 radical (unpaired) electrons. The minimum Gasteiger partial charge on any atom is -0.326 e. The first-order valence-corrected chi connectivity index (χ1v) is 6.80. The molecule has 0 saturated heterocycles. The van der Waals surface area contributed by atoms with Crippen molar-refractivity contribution in [2.75, 3.05) is 5.32 Å². The highest BCUT2D eigenvalue weighted by atomic mass is 79.9. The van der Waals surface area contributed by atoms with E-state index in [-0.39, 0.29) is 5.91 Å². The second kappa shape index (κ2) is 6.50. The minimum atomic E-state index is -0.0426. The van der Waals surface area contributed by atoms with E-state index in [2.05, 4.69) is 21.2 Å². The lowest BCUT2D eigenvalue weighted by molar-refractivity contribution is -0.115. The van der Waals surface area contributed by atoms with E-state index < -0.39 is 0 Å². The van der Waals surface area contributed by atoms with Crippen LogP contribution in [0, 0.1) is 0 Å². The molecule has 0 fully saturated rings. The van der Waals surface area contributed by atoms with Crippen molar-refractivity contribution < 1.29 is 4.79 Å². The van der Waals surface area contributed by atoms with Crippen LogP contribution in [0.4, 0.5) is 5.69 Å². The average molecular weight is 319 g/mol. The Morgan fingerprint density at radius 1 is 1.11 bits per heavy atom. The molecule has 0 spiro atoms. The van der Waals surface area contributed by atoms with Gasteiger partial charge in [0.1, 0.15) is 0 Å². The fourth-order valence-electron chi connectivity index (χ4n) is 1.87. The van der Waals surface area contributed by atoms with E-state index in [9.17, 15) is 4.79 Å². The largest absolute Gasteiger partial charge is 0.326 e. The molecular weight excluding hydrogens is 304 g/mol. The highest BCUT2D eigenvalue weighted by Crippen LogP contribution is 2.16. The van der Waals surface area contributed by atoms with E-state index in [1.54, 1.807) is 0 Å². The van der Waals surface area contributed by atoms with E-state index in [4.69, 9.17) is 5.73 Å². The number of halogens is 1. The van der Waals surface area contributed by atoms with Gasteiger partial charge in [-0.2, -0.15) is 0 Å². The number of hydrogen-bond donors (Lipinski definition) is 2. The molecule has 2 rings (SSSR count). The van der Waals surface area contributed by atoms with Crippen molar-refractivity contribution >= 4 is 27.5 Å². The van der Waals surface area contributed by atoms with Crippen molar-refractivity contribution in [2.45, 2.75) is 13.0 Å². The number of anilines is 1. The van der Waals surface area contributed by atoms with Crippen LogP contribution in [0.3, 0.4) is 0 Å². The van der Waals surface area contributed by atoms with Crippen LogP contribution < -0.4 is 11.1 Å². The SMILES string of the molecule is NCc1ccccc1CC(=O)Nc1cccc(Br)c1. The molecule has 0 aliphatic carbocycles. The van der Waals surface area contributed by atoms with Crippen molar-refractivity contribution in [2.24, 2.45) is 5.73 Å². The number of carbonyl (C=O) groups is 1. The summed E-state index contributed by atoms with van der Waals surface area (Å²) in [6.45, 7) is 0.445. The number of rotatable bonds is 4. The molecule has 3 N–H and O–H groups in total. The highest BCUT2D eigenvalue weighted by Gasteiger charge is 2.07. The first-order valence-electron chi connectivity index (χ1n) is 6.01. The zero-order valence-corrected chi connectivity index (χ0v) is 12.0. The molecule has 0 saturated carbocycles. The molecular formula is C15H15BrN2O. The van der Waals surface area contributed by atoms with E-state index in [0.29, 0.717) is 13.0 Å². The van der Waals surface area contributed by atoms with Gasteiger partial charge in [-0.05, 0) is 29.3 Å². The zero-order valence-electron chi connectivity index (χ0n) is 10.4. The molecule has 0 heterocycles. The van der Waals surface area contributed by atoms with Crippen molar-refractivity contribution in [1.82, 2.24) is 0 Å². The van der Waals surface area contributed by atoms with Gasteiger partial charge in [0.15, 0.2) is 0 Å². The van der Waals surface area contributed by atoms with Crippen LogP contribution in [0.5, 0.6) is 0 Å². The monoisotopic (exact) mass is 318 g/mol. The summed E-state index contributed by atoms with van der Waals surface area (Å²) in [6.07, 6.45) is 0.333. The fourth-order valence-corrected chi connectivity index (χ4v) is 2.27. The Morgan fingerprint density at radius 3 is 2.53 bits per heavy atom. The second-order valence-corrected chi connectivity index (χ2v) is 5.12. The summed E-state index contributed by atoms with van der Waals surface area (Å²) in [7, 11) is 0. The van der Waals surface area contributed by atoms with Crippen LogP contribution in [0.15, 0.2) is 53.0 Å². The molecule has 2 aromatic rings. The van der Waals surface area contributed by atoms with Crippen LogP contribution in [-0.2, 0) is 17.8 Å². The Hall–Kier alpha value is -1.65. The predicted octanol–water partition coefficient (Wildman–Crippen LogP) is 3.09. The molecule has 1 amide bonds. The molecule has 98 valence electrons. The number of hydrogen-bond acceptors (Lipinski definition) is 2. The van der Waals surface area contributed by atoms with Gasteiger partial charge in [0, 0.05) is 16.7 Å². The second-order valence-electron chi connectivity index (χ2n) is 4.21.